The van der Waals surface area contributed by atoms with Gasteiger partial charge >= 0.3 is 0 Å². The lowest BCUT2D eigenvalue weighted by atomic mass is 10.1. The van der Waals surface area contributed by atoms with Crippen molar-refractivity contribution >= 4 is 32.7 Å². The summed E-state index contributed by atoms with van der Waals surface area (Å²) in [5.74, 6) is 0.934. The summed E-state index contributed by atoms with van der Waals surface area (Å²) in [6, 6.07) is 8.30. The lowest BCUT2D eigenvalue weighted by Crippen LogP contribution is -2.30. The number of halogens is 1. The van der Waals surface area contributed by atoms with Crippen LogP contribution in [-0.4, -0.2) is 10.9 Å². The van der Waals surface area contributed by atoms with Gasteiger partial charge in [-0.25, -0.2) is 0 Å². The number of aromatic amines is 1. The molecule has 1 amide bonds. The fourth-order valence-corrected chi connectivity index (χ4v) is 3.23. The Hall–Kier alpha value is -1.29. The number of rotatable bonds is 3. The number of hydrogen-bond donors (Lipinski definition) is 2. The van der Waals surface area contributed by atoms with Crippen LogP contribution in [0, 0.1) is 11.3 Å². The first-order valence-corrected chi connectivity index (χ1v) is 7.47. The number of hydrogen-bond acceptors (Lipinski definition) is 1. The molecule has 1 unspecified atom stereocenters. The first-order chi connectivity index (χ1) is 9.08. The van der Waals surface area contributed by atoms with Gasteiger partial charge < -0.3 is 10.3 Å². The van der Waals surface area contributed by atoms with Crippen LogP contribution in [0.15, 0.2) is 28.7 Å². The number of H-pyrrole nitrogens is 1. The first kappa shape index (κ1) is 11.5. The van der Waals surface area contributed by atoms with Crippen molar-refractivity contribution in [3.63, 3.8) is 0 Å². The van der Waals surface area contributed by atoms with Gasteiger partial charge in [-0.05, 0) is 49.9 Å². The molecule has 0 radical (unpaired) electrons. The van der Waals surface area contributed by atoms with Crippen molar-refractivity contribution in [2.24, 2.45) is 11.3 Å². The van der Waals surface area contributed by atoms with Crippen molar-refractivity contribution in [3.8, 4) is 0 Å². The second kappa shape index (κ2) is 3.63. The number of amides is 1. The van der Waals surface area contributed by atoms with E-state index in [0.717, 1.165) is 28.5 Å². The van der Waals surface area contributed by atoms with Gasteiger partial charge in [-0.2, -0.15) is 0 Å². The monoisotopic (exact) mass is 318 g/mol. The van der Waals surface area contributed by atoms with Crippen LogP contribution < -0.4 is 5.32 Å². The molecule has 1 heterocycles. The zero-order valence-electron chi connectivity index (χ0n) is 10.7. The van der Waals surface area contributed by atoms with Crippen LogP contribution in [0.4, 0.5) is 0 Å². The van der Waals surface area contributed by atoms with Gasteiger partial charge in [-0.3, -0.25) is 4.79 Å². The van der Waals surface area contributed by atoms with Crippen molar-refractivity contribution in [3.05, 3.63) is 34.4 Å². The van der Waals surface area contributed by atoms with Gasteiger partial charge in [-0.1, -0.05) is 15.9 Å². The highest BCUT2D eigenvalue weighted by Gasteiger charge is 2.74. The number of carbonyl (C=O) groups excluding carboxylic acids is 1. The maximum Gasteiger partial charge on any atom is 0.227 e. The minimum atomic E-state index is 0.0369. The van der Waals surface area contributed by atoms with Gasteiger partial charge in [0.1, 0.15) is 0 Å². The Kier molecular flexibility index (Phi) is 2.20. The van der Waals surface area contributed by atoms with E-state index in [4.69, 9.17) is 0 Å². The van der Waals surface area contributed by atoms with Crippen LogP contribution in [0.1, 0.15) is 31.5 Å². The maximum absolute atomic E-state index is 12.1. The fourth-order valence-electron chi connectivity index (χ4n) is 2.85. The van der Waals surface area contributed by atoms with E-state index >= 15 is 0 Å². The zero-order chi connectivity index (χ0) is 13.2. The lowest BCUT2D eigenvalue weighted by molar-refractivity contribution is -0.124. The summed E-state index contributed by atoms with van der Waals surface area (Å²) < 4.78 is 1.07. The molecule has 3 nitrogen and oxygen atoms in total. The molecule has 0 aliphatic heterocycles. The Morgan fingerprint density at radius 3 is 2.89 bits per heavy atom. The molecule has 2 aliphatic rings. The predicted molar refractivity (Wildman–Crippen MR) is 77.7 cm³/mol. The van der Waals surface area contributed by atoms with Gasteiger partial charge in [0.2, 0.25) is 5.91 Å². The zero-order valence-corrected chi connectivity index (χ0v) is 12.3. The highest BCUT2D eigenvalue weighted by atomic mass is 79.9. The fraction of sp³-hybridized carbons (Fsp3) is 0.400. The van der Waals surface area contributed by atoms with Crippen LogP contribution in [0.3, 0.4) is 0 Å². The highest BCUT2D eigenvalue weighted by molar-refractivity contribution is 9.10. The Morgan fingerprint density at radius 1 is 1.47 bits per heavy atom. The van der Waals surface area contributed by atoms with Crippen molar-refractivity contribution in [2.75, 3.05) is 0 Å². The number of nitrogens with one attached hydrogen (secondary N) is 2. The van der Waals surface area contributed by atoms with E-state index in [9.17, 15) is 4.79 Å². The van der Waals surface area contributed by atoms with Crippen LogP contribution in [-0.2, 0) is 4.79 Å². The predicted octanol–water partition coefficient (Wildman–Crippen LogP) is 3.52. The average molecular weight is 319 g/mol. The molecule has 1 aromatic heterocycles. The maximum atomic E-state index is 12.1. The molecule has 2 saturated carbocycles. The topological polar surface area (TPSA) is 44.9 Å². The molecule has 0 bridgehead atoms. The lowest BCUT2D eigenvalue weighted by Gasteiger charge is -2.13. The van der Waals surface area contributed by atoms with Crippen molar-refractivity contribution in [2.45, 2.75) is 25.8 Å². The molecule has 1 aromatic carbocycles. The van der Waals surface area contributed by atoms with E-state index in [1.807, 2.05) is 19.1 Å². The number of fused-ring (bicyclic) bond motifs is 2. The molecule has 4 rings (SSSR count). The van der Waals surface area contributed by atoms with Gasteiger partial charge in [0.05, 0.1) is 11.5 Å². The van der Waals surface area contributed by atoms with E-state index < -0.39 is 0 Å². The number of carbonyl (C=O) groups is 1. The molecular weight excluding hydrogens is 304 g/mol. The van der Waals surface area contributed by atoms with E-state index in [2.05, 4.69) is 38.4 Å². The molecule has 19 heavy (non-hydrogen) atoms. The highest BCUT2D eigenvalue weighted by Crippen LogP contribution is 2.75. The Morgan fingerprint density at radius 2 is 2.21 bits per heavy atom. The summed E-state index contributed by atoms with van der Waals surface area (Å²) >= 11 is 3.48. The van der Waals surface area contributed by atoms with Gasteiger partial charge in [0.25, 0.3) is 0 Å². The van der Waals surface area contributed by atoms with Crippen LogP contribution >= 0.6 is 15.9 Å². The third kappa shape index (κ3) is 1.73. The van der Waals surface area contributed by atoms with E-state index in [0.29, 0.717) is 5.92 Å². The molecule has 98 valence electrons. The first-order valence-electron chi connectivity index (χ1n) is 6.68. The Bertz CT molecular complexity index is 685. The summed E-state index contributed by atoms with van der Waals surface area (Å²) in [6.07, 6.45) is 2.20. The molecule has 2 fully saturated rings. The van der Waals surface area contributed by atoms with Crippen molar-refractivity contribution in [1.82, 2.24) is 10.3 Å². The van der Waals surface area contributed by atoms with E-state index in [-0.39, 0.29) is 17.4 Å². The summed E-state index contributed by atoms with van der Waals surface area (Å²) in [4.78, 5) is 15.5. The second-order valence-electron chi connectivity index (χ2n) is 5.91. The molecule has 0 spiro atoms. The summed E-state index contributed by atoms with van der Waals surface area (Å²) in [6.45, 7) is 2.04. The molecule has 2 N–H and O–H groups in total. The minimum absolute atomic E-state index is 0.0369. The van der Waals surface area contributed by atoms with Gasteiger partial charge in [-0.15, -0.1) is 0 Å². The standard InChI is InChI=1S/C15H15BrN2O/c1-8(17-14(19)15-6-10(15)7-15)13-5-9-4-11(16)2-3-12(9)18-13/h2-5,8,10,18H,6-7H2,1H3,(H,17,19). The Balaban J connectivity index is 1.57. The molecule has 1 atom stereocenters. The molecular formula is C15H15BrN2O. The molecule has 4 heteroatoms. The third-order valence-electron chi connectivity index (χ3n) is 4.55. The second-order valence-corrected chi connectivity index (χ2v) is 6.83. The van der Waals surface area contributed by atoms with Gasteiger partial charge in [0.15, 0.2) is 0 Å². The molecule has 2 aromatic rings. The average Bonchev–Trinajstić information content (AvgIpc) is 3.17. The summed E-state index contributed by atoms with van der Waals surface area (Å²) in [5.41, 5.74) is 2.22. The normalized spacial score (nSPS) is 28.8. The van der Waals surface area contributed by atoms with Crippen molar-refractivity contribution in [1.29, 1.82) is 0 Å². The third-order valence-corrected chi connectivity index (χ3v) is 5.05. The van der Waals surface area contributed by atoms with Crippen LogP contribution in [0.5, 0.6) is 0 Å². The number of aromatic nitrogens is 1. The SMILES string of the molecule is CC(NC(=O)C12CC1C2)c1cc2cc(Br)ccc2[nH]1. The van der Waals surface area contributed by atoms with E-state index in [1.165, 1.54) is 5.39 Å². The van der Waals surface area contributed by atoms with Crippen LogP contribution in [0.25, 0.3) is 10.9 Å². The smallest absolute Gasteiger partial charge is 0.227 e. The quantitative estimate of drug-likeness (QED) is 0.893. The minimum Gasteiger partial charge on any atom is -0.357 e. The van der Waals surface area contributed by atoms with Crippen LogP contribution in [0.2, 0.25) is 0 Å². The molecule has 0 saturated heterocycles. The largest absolute Gasteiger partial charge is 0.357 e. The summed E-state index contributed by atoms with van der Waals surface area (Å²) in [5, 5.41) is 4.30. The summed E-state index contributed by atoms with van der Waals surface area (Å²) in [7, 11) is 0. The van der Waals surface area contributed by atoms with E-state index in [1.54, 1.807) is 0 Å². The van der Waals surface area contributed by atoms with Gasteiger partial charge in [0, 0.05) is 21.1 Å². The molecule has 2 aliphatic carbocycles. The van der Waals surface area contributed by atoms with Crippen molar-refractivity contribution < 1.29 is 4.79 Å². The number of benzene rings is 1. The Labute approximate surface area is 119 Å².